The van der Waals surface area contributed by atoms with Crippen molar-refractivity contribution >= 4 is 0 Å². The molecule has 0 aromatic carbocycles. The maximum Gasteiger partial charge on any atom is 0.0393 e. The summed E-state index contributed by atoms with van der Waals surface area (Å²) >= 11 is 0. The van der Waals surface area contributed by atoms with Crippen LogP contribution in [0.2, 0.25) is 0 Å². The van der Waals surface area contributed by atoms with Crippen LogP contribution < -0.4 is 0 Å². The highest BCUT2D eigenvalue weighted by Crippen LogP contribution is 2.36. The second kappa shape index (κ2) is 8.19. The number of piperidine rings is 2. The Labute approximate surface area is 114 Å². The minimum atomic E-state index is 1.04. The standard InChI is InChI=1S/C17H32N/c1-2-3-4-5-6-7-8-11-17-13-12-16-10-9-14-18(17)15-16/h16H,2-15H2,1H3. The number of rotatable bonds is 8. The van der Waals surface area contributed by atoms with Crippen LogP contribution in [0.25, 0.3) is 0 Å². The van der Waals surface area contributed by atoms with E-state index >= 15 is 0 Å². The molecular weight excluding hydrogens is 218 g/mol. The summed E-state index contributed by atoms with van der Waals surface area (Å²) in [4.78, 5) is 2.73. The van der Waals surface area contributed by atoms with Crippen molar-refractivity contribution in [3.63, 3.8) is 0 Å². The van der Waals surface area contributed by atoms with E-state index in [2.05, 4.69) is 11.8 Å². The van der Waals surface area contributed by atoms with Gasteiger partial charge < -0.3 is 0 Å². The van der Waals surface area contributed by atoms with Crippen LogP contribution in [0.3, 0.4) is 0 Å². The van der Waals surface area contributed by atoms with Gasteiger partial charge in [0.15, 0.2) is 0 Å². The quantitative estimate of drug-likeness (QED) is 0.537. The Morgan fingerprint density at radius 1 is 1.00 bits per heavy atom. The van der Waals surface area contributed by atoms with Gasteiger partial charge in [-0.25, -0.2) is 0 Å². The van der Waals surface area contributed by atoms with Crippen molar-refractivity contribution in [1.82, 2.24) is 4.90 Å². The Morgan fingerprint density at radius 3 is 2.61 bits per heavy atom. The summed E-state index contributed by atoms with van der Waals surface area (Å²) in [5, 5.41) is 0. The van der Waals surface area contributed by atoms with Gasteiger partial charge in [-0.15, -0.1) is 0 Å². The van der Waals surface area contributed by atoms with Crippen molar-refractivity contribution in [3.05, 3.63) is 6.04 Å². The summed E-state index contributed by atoms with van der Waals surface area (Å²) in [6.07, 6.45) is 17.4. The van der Waals surface area contributed by atoms with Crippen molar-refractivity contribution < 1.29 is 0 Å². The van der Waals surface area contributed by atoms with Gasteiger partial charge in [0.2, 0.25) is 0 Å². The van der Waals surface area contributed by atoms with Crippen LogP contribution in [-0.2, 0) is 0 Å². The van der Waals surface area contributed by atoms with Gasteiger partial charge in [-0.2, -0.15) is 0 Å². The molecule has 2 aliphatic rings. The molecule has 2 heterocycles. The lowest BCUT2D eigenvalue weighted by Crippen LogP contribution is -2.42. The molecular formula is C17H32N. The highest BCUT2D eigenvalue weighted by atomic mass is 15.2. The molecule has 0 aliphatic carbocycles. The van der Waals surface area contributed by atoms with Gasteiger partial charge in [0, 0.05) is 12.6 Å². The number of hydrogen-bond acceptors (Lipinski definition) is 1. The molecule has 1 nitrogen and oxygen atoms in total. The second-order valence-corrected chi connectivity index (χ2v) is 6.43. The van der Waals surface area contributed by atoms with E-state index in [1.54, 1.807) is 6.04 Å². The van der Waals surface area contributed by atoms with E-state index in [0.717, 1.165) is 5.92 Å². The summed E-state index contributed by atoms with van der Waals surface area (Å²) in [5.74, 6) is 1.04. The fourth-order valence-corrected chi connectivity index (χ4v) is 3.69. The zero-order valence-corrected chi connectivity index (χ0v) is 12.4. The lowest BCUT2D eigenvalue weighted by molar-refractivity contribution is 0.120. The zero-order valence-electron chi connectivity index (χ0n) is 12.4. The molecule has 2 rings (SSSR count). The Kier molecular flexibility index (Phi) is 6.54. The first-order chi connectivity index (χ1) is 8.90. The average Bonchev–Trinajstić information content (AvgIpc) is 2.40. The van der Waals surface area contributed by atoms with E-state index in [1.165, 1.54) is 90.1 Å². The minimum absolute atomic E-state index is 1.04. The number of unbranched alkanes of at least 4 members (excludes halogenated alkanes) is 6. The summed E-state index contributed by atoms with van der Waals surface area (Å²) in [6.45, 7) is 5.06. The van der Waals surface area contributed by atoms with E-state index in [1.807, 2.05) is 0 Å². The fraction of sp³-hybridized carbons (Fsp3) is 0.941. The average molecular weight is 250 g/mol. The molecule has 1 radical (unpaired) electrons. The topological polar surface area (TPSA) is 3.24 Å². The van der Waals surface area contributed by atoms with Crippen LogP contribution in [0.4, 0.5) is 0 Å². The molecule has 2 aliphatic heterocycles. The molecule has 2 fully saturated rings. The summed E-state index contributed by atoms with van der Waals surface area (Å²) < 4.78 is 0. The highest BCUT2D eigenvalue weighted by molar-refractivity contribution is 4.97. The van der Waals surface area contributed by atoms with E-state index in [0.29, 0.717) is 0 Å². The number of fused-ring (bicyclic) bond motifs is 2. The molecule has 2 unspecified atom stereocenters. The van der Waals surface area contributed by atoms with E-state index in [9.17, 15) is 0 Å². The van der Waals surface area contributed by atoms with Gasteiger partial charge in [-0.3, -0.25) is 4.90 Å². The van der Waals surface area contributed by atoms with Crippen LogP contribution in [0, 0.1) is 12.0 Å². The monoisotopic (exact) mass is 250 g/mol. The van der Waals surface area contributed by atoms with E-state index < -0.39 is 0 Å². The molecule has 2 atom stereocenters. The molecule has 0 aromatic heterocycles. The first-order valence-electron chi connectivity index (χ1n) is 8.50. The van der Waals surface area contributed by atoms with Gasteiger partial charge in [-0.05, 0) is 44.6 Å². The van der Waals surface area contributed by atoms with Gasteiger partial charge in [-0.1, -0.05) is 51.9 Å². The minimum Gasteiger partial charge on any atom is -0.296 e. The molecule has 1 heteroatoms. The molecule has 0 amide bonds. The maximum atomic E-state index is 2.73. The van der Waals surface area contributed by atoms with Crippen LogP contribution in [0.15, 0.2) is 0 Å². The predicted molar refractivity (Wildman–Crippen MR) is 79.4 cm³/mol. The Bertz CT molecular complexity index is 214. The third-order valence-corrected chi connectivity index (χ3v) is 4.88. The first-order valence-corrected chi connectivity index (χ1v) is 8.50. The van der Waals surface area contributed by atoms with Gasteiger partial charge in [0.1, 0.15) is 0 Å². The van der Waals surface area contributed by atoms with Crippen LogP contribution >= 0.6 is 0 Å². The van der Waals surface area contributed by atoms with Crippen molar-refractivity contribution in [1.29, 1.82) is 0 Å². The fourth-order valence-electron chi connectivity index (χ4n) is 3.69. The summed E-state index contributed by atoms with van der Waals surface area (Å²) in [6, 6.07) is 1.81. The molecule has 0 saturated carbocycles. The van der Waals surface area contributed by atoms with Crippen molar-refractivity contribution in [2.24, 2.45) is 5.92 Å². The largest absolute Gasteiger partial charge is 0.296 e. The summed E-state index contributed by atoms with van der Waals surface area (Å²) in [7, 11) is 0. The Hall–Kier alpha value is -0.0400. The SMILES string of the molecule is CCCCCCCCC[C]1CCC2CCCN1C2. The zero-order chi connectivity index (χ0) is 12.6. The van der Waals surface area contributed by atoms with Gasteiger partial charge >= 0.3 is 0 Å². The molecule has 0 N–H and O–H groups in total. The first kappa shape index (κ1) is 14.4. The van der Waals surface area contributed by atoms with Crippen LogP contribution in [-0.4, -0.2) is 18.0 Å². The molecule has 105 valence electrons. The Morgan fingerprint density at radius 2 is 1.78 bits per heavy atom. The number of hydrogen-bond donors (Lipinski definition) is 0. The third-order valence-electron chi connectivity index (χ3n) is 4.88. The molecule has 18 heavy (non-hydrogen) atoms. The van der Waals surface area contributed by atoms with Gasteiger partial charge in [0.05, 0.1) is 0 Å². The third kappa shape index (κ3) is 4.57. The van der Waals surface area contributed by atoms with Gasteiger partial charge in [0.25, 0.3) is 0 Å². The van der Waals surface area contributed by atoms with Crippen LogP contribution in [0.5, 0.6) is 0 Å². The van der Waals surface area contributed by atoms with Crippen molar-refractivity contribution in [2.75, 3.05) is 13.1 Å². The smallest absolute Gasteiger partial charge is 0.0393 e. The second-order valence-electron chi connectivity index (χ2n) is 6.43. The highest BCUT2D eigenvalue weighted by Gasteiger charge is 2.30. The normalized spacial score (nSPS) is 28.5. The van der Waals surface area contributed by atoms with Crippen molar-refractivity contribution in [2.45, 2.75) is 84.0 Å². The Balaban J connectivity index is 1.51. The number of nitrogens with zero attached hydrogens (tertiary/aromatic N) is 1. The molecule has 2 bridgehead atoms. The van der Waals surface area contributed by atoms with Crippen molar-refractivity contribution in [3.8, 4) is 0 Å². The van der Waals surface area contributed by atoms with E-state index in [4.69, 9.17) is 0 Å². The molecule has 0 aromatic rings. The predicted octanol–water partition coefficient (Wildman–Crippen LogP) is 5.16. The molecule has 0 spiro atoms. The maximum absolute atomic E-state index is 2.73. The lowest BCUT2D eigenvalue weighted by Gasteiger charge is -2.43. The van der Waals surface area contributed by atoms with Crippen LogP contribution in [0.1, 0.15) is 84.0 Å². The lowest BCUT2D eigenvalue weighted by atomic mass is 9.84. The molecule has 2 saturated heterocycles. The summed E-state index contributed by atoms with van der Waals surface area (Å²) in [5.41, 5.74) is 0. The van der Waals surface area contributed by atoms with E-state index in [-0.39, 0.29) is 0 Å².